The predicted molar refractivity (Wildman–Crippen MR) is 90.7 cm³/mol. The first kappa shape index (κ1) is 16.7. The number of hydrogen-bond donors (Lipinski definition) is 0. The summed E-state index contributed by atoms with van der Waals surface area (Å²) in [4.78, 5) is 12.9. The molecular formula is C18H21FO2S. The van der Waals surface area contributed by atoms with Gasteiger partial charge in [0.25, 0.3) is 0 Å². The van der Waals surface area contributed by atoms with Crippen molar-refractivity contribution in [3.05, 3.63) is 40.5 Å². The zero-order valence-electron chi connectivity index (χ0n) is 13.2. The van der Waals surface area contributed by atoms with E-state index in [0.717, 1.165) is 45.4 Å². The van der Waals surface area contributed by atoms with Gasteiger partial charge in [-0.2, -0.15) is 0 Å². The van der Waals surface area contributed by atoms with Gasteiger partial charge in [0.2, 0.25) is 0 Å². The second-order valence-electron chi connectivity index (χ2n) is 5.22. The fraction of sp³-hybridized carbons (Fsp3) is 0.389. The minimum absolute atomic E-state index is 0.232. The highest BCUT2D eigenvalue weighted by molar-refractivity contribution is 7.20. The lowest BCUT2D eigenvalue weighted by molar-refractivity contribution is -0.137. The number of carbonyl (C=O) groups is 1. The summed E-state index contributed by atoms with van der Waals surface area (Å²) in [5, 5.41) is 1.05. The van der Waals surface area contributed by atoms with Gasteiger partial charge in [0.1, 0.15) is 5.82 Å². The molecule has 0 aliphatic rings. The molecule has 0 spiro atoms. The molecule has 0 radical (unpaired) electrons. The molecule has 0 atom stereocenters. The van der Waals surface area contributed by atoms with Crippen LogP contribution in [0.5, 0.6) is 0 Å². The molecule has 2 nitrogen and oxygen atoms in total. The number of thiophene rings is 1. The number of rotatable bonds is 6. The van der Waals surface area contributed by atoms with Gasteiger partial charge in [-0.15, -0.1) is 11.3 Å². The molecule has 1 heterocycles. The first-order valence-corrected chi connectivity index (χ1v) is 8.44. The number of halogens is 1. The fourth-order valence-electron chi connectivity index (χ4n) is 2.45. The van der Waals surface area contributed by atoms with Gasteiger partial charge < -0.3 is 4.74 Å². The van der Waals surface area contributed by atoms with E-state index >= 15 is 0 Å². The number of hydrogen-bond acceptors (Lipinski definition) is 3. The lowest BCUT2D eigenvalue weighted by atomic mass is 10.0. The average Bonchev–Trinajstić information content (AvgIpc) is 2.80. The van der Waals surface area contributed by atoms with Crippen LogP contribution in [0.4, 0.5) is 4.39 Å². The zero-order valence-corrected chi connectivity index (χ0v) is 14.1. The maximum absolute atomic E-state index is 13.4. The van der Waals surface area contributed by atoms with Crippen LogP contribution < -0.4 is 0 Å². The van der Waals surface area contributed by atoms with E-state index in [1.54, 1.807) is 30.4 Å². The average molecular weight is 320 g/mol. The van der Waals surface area contributed by atoms with Crippen molar-refractivity contribution in [1.82, 2.24) is 0 Å². The number of ether oxygens (including phenoxy) is 1. The Hall–Kier alpha value is -1.68. The summed E-state index contributed by atoms with van der Waals surface area (Å²) in [6.07, 6.45) is 4.48. The van der Waals surface area contributed by atoms with Gasteiger partial charge in [0, 0.05) is 15.7 Å². The van der Waals surface area contributed by atoms with Gasteiger partial charge in [-0.25, -0.2) is 9.18 Å². The van der Waals surface area contributed by atoms with Crippen LogP contribution in [0.2, 0.25) is 0 Å². The Balaban J connectivity index is 2.46. The SMILES string of the molecule is CCCCC(=CC(=O)OCC)c1sc2cc(F)ccc2c1C. The summed E-state index contributed by atoms with van der Waals surface area (Å²) in [6.45, 7) is 6.31. The van der Waals surface area contributed by atoms with Gasteiger partial charge in [-0.3, -0.25) is 0 Å². The van der Waals surface area contributed by atoms with Crippen molar-refractivity contribution in [3.8, 4) is 0 Å². The van der Waals surface area contributed by atoms with Crippen molar-refractivity contribution < 1.29 is 13.9 Å². The fourth-order valence-corrected chi connectivity index (χ4v) is 3.73. The molecule has 0 unspecified atom stereocenters. The lowest BCUT2D eigenvalue weighted by Crippen LogP contribution is -2.01. The van der Waals surface area contributed by atoms with Crippen molar-refractivity contribution in [1.29, 1.82) is 0 Å². The molecule has 0 amide bonds. The summed E-state index contributed by atoms with van der Waals surface area (Å²) in [5.41, 5.74) is 2.09. The van der Waals surface area contributed by atoms with Crippen molar-refractivity contribution in [2.45, 2.75) is 40.0 Å². The lowest BCUT2D eigenvalue weighted by Gasteiger charge is -2.06. The van der Waals surface area contributed by atoms with Gasteiger partial charge in [-0.1, -0.05) is 19.4 Å². The van der Waals surface area contributed by atoms with E-state index in [-0.39, 0.29) is 11.8 Å². The van der Waals surface area contributed by atoms with Crippen LogP contribution >= 0.6 is 11.3 Å². The van der Waals surface area contributed by atoms with Crippen LogP contribution in [0.15, 0.2) is 24.3 Å². The molecule has 1 aromatic heterocycles. The number of unbranched alkanes of at least 4 members (excludes halogenated alkanes) is 1. The highest BCUT2D eigenvalue weighted by atomic mass is 32.1. The van der Waals surface area contributed by atoms with Crippen LogP contribution in [-0.4, -0.2) is 12.6 Å². The zero-order chi connectivity index (χ0) is 16.1. The topological polar surface area (TPSA) is 26.3 Å². The van der Waals surface area contributed by atoms with E-state index in [4.69, 9.17) is 4.74 Å². The minimum Gasteiger partial charge on any atom is -0.463 e. The number of esters is 1. The third-order valence-electron chi connectivity index (χ3n) is 3.57. The number of carbonyl (C=O) groups excluding carboxylic acids is 1. The van der Waals surface area contributed by atoms with E-state index in [1.165, 1.54) is 6.07 Å². The molecule has 0 fully saturated rings. The van der Waals surface area contributed by atoms with Gasteiger partial charge >= 0.3 is 5.97 Å². The Morgan fingerprint density at radius 1 is 1.36 bits per heavy atom. The van der Waals surface area contributed by atoms with Crippen LogP contribution in [0.3, 0.4) is 0 Å². The van der Waals surface area contributed by atoms with E-state index in [0.29, 0.717) is 6.61 Å². The van der Waals surface area contributed by atoms with E-state index in [2.05, 4.69) is 6.92 Å². The van der Waals surface area contributed by atoms with Crippen LogP contribution in [0.1, 0.15) is 43.6 Å². The normalized spacial score (nSPS) is 11.9. The number of aryl methyl sites for hydroxylation is 1. The summed E-state index contributed by atoms with van der Waals surface area (Å²) < 4.78 is 19.4. The monoisotopic (exact) mass is 320 g/mol. The van der Waals surface area contributed by atoms with Crippen LogP contribution in [-0.2, 0) is 9.53 Å². The largest absolute Gasteiger partial charge is 0.463 e. The maximum atomic E-state index is 13.4. The second-order valence-corrected chi connectivity index (χ2v) is 6.27. The van der Waals surface area contributed by atoms with E-state index in [1.807, 2.05) is 13.0 Å². The molecule has 2 aromatic rings. The number of benzene rings is 1. The Labute approximate surface area is 134 Å². The molecule has 2 rings (SSSR count). The molecule has 0 aliphatic carbocycles. The Morgan fingerprint density at radius 2 is 2.14 bits per heavy atom. The molecule has 0 saturated carbocycles. The first-order chi connectivity index (χ1) is 10.6. The third kappa shape index (κ3) is 3.74. The molecule has 0 saturated heterocycles. The molecular weight excluding hydrogens is 299 g/mol. The molecule has 118 valence electrons. The minimum atomic E-state index is -0.309. The van der Waals surface area contributed by atoms with Gasteiger partial charge in [-0.05, 0) is 55.3 Å². The standard InChI is InChI=1S/C18H21FO2S/c1-4-6-7-13(10-17(20)21-5-2)18-12(3)15-9-8-14(19)11-16(15)22-18/h8-11H,4-7H2,1-3H3. The molecule has 1 aromatic carbocycles. The molecule has 22 heavy (non-hydrogen) atoms. The smallest absolute Gasteiger partial charge is 0.331 e. The van der Waals surface area contributed by atoms with Crippen molar-refractivity contribution >= 4 is 33.0 Å². The summed E-state index contributed by atoms with van der Waals surface area (Å²) in [6, 6.07) is 4.84. The Bertz CT molecular complexity index is 700. The molecule has 0 aliphatic heterocycles. The maximum Gasteiger partial charge on any atom is 0.331 e. The molecule has 4 heteroatoms. The highest BCUT2D eigenvalue weighted by Crippen LogP contribution is 2.37. The first-order valence-electron chi connectivity index (χ1n) is 7.63. The molecule has 0 N–H and O–H groups in total. The van der Waals surface area contributed by atoms with Crippen molar-refractivity contribution in [3.63, 3.8) is 0 Å². The highest BCUT2D eigenvalue weighted by Gasteiger charge is 2.14. The number of fused-ring (bicyclic) bond motifs is 1. The summed E-state index contributed by atoms with van der Waals surface area (Å²) in [5.74, 6) is -0.540. The van der Waals surface area contributed by atoms with Gasteiger partial charge in [0.15, 0.2) is 0 Å². The van der Waals surface area contributed by atoms with Crippen molar-refractivity contribution in [2.24, 2.45) is 0 Å². The van der Waals surface area contributed by atoms with E-state index < -0.39 is 0 Å². The number of allylic oxidation sites excluding steroid dienone is 1. The van der Waals surface area contributed by atoms with E-state index in [9.17, 15) is 9.18 Å². The van der Waals surface area contributed by atoms with Crippen LogP contribution in [0.25, 0.3) is 15.7 Å². The quantitative estimate of drug-likeness (QED) is 0.520. The predicted octanol–water partition coefficient (Wildman–Crippen LogP) is 5.49. The summed E-state index contributed by atoms with van der Waals surface area (Å²) in [7, 11) is 0. The third-order valence-corrected chi connectivity index (χ3v) is 4.90. The molecule has 0 bridgehead atoms. The van der Waals surface area contributed by atoms with Crippen LogP contribution in [0, 0.1) is 12.7 Å². The summed E-state index contributed by atoms with van der Waals surface area (Å²) >= 11 is 1.54. The second kappa shape index (κ2) is 7.54. The van der Waals surface area contributed by atoms with Crippen molar-refractivity contribution in [2.75, 3.05) is 6.61 Å². The Morgan fingerprint density at radius 3 is 2.82 bits per heavy atom. The van der Waals surface area contributed by atoms with Gasteiger partial charge in [0.05, 0.1) is 6.61 Å². The Kier molecular flexibility index (Phi) is 5.72.